The van der Waals surface area contributed by atoms with E-state index in [0.29, 0.717) is 12.0 Å². The first-order valence-corrected chi connectivity index (χ1v) is 11.3. The lowest BCUT2D eigenvalue weighted by atomic mass is 9.95. The predicted octanol–water partition coefficient (Wildman–Crippen LogP) is 2.27. The van der Waals surface area contributed by atoms with E-state index in [4.69, 9.17) is 0 Å². The van der Waals surface area contributed by atoms with Crippen LogP contribution in [0.2, 0.25) is 0 Å². The van der Waals surface area contributed by atoms with Crippen molar-refractivity contribution in [3.8, 4) is 0 Å². The molecule has 2 aromatic rings. The average Bonchev–Trinajstić information content (AvgIpc) is 3.19. The molecular formula is C24H38N6O. The van der Waals surface area contributed by atoms with Crippen LogP contribution in [-0.2, 0) is 25.6 Å². The molecular weight excluding hydrogens is 388 g/mol. The van der Waals surface area contributed by atoms with Gasteiger partial charge in [0.1, 0.15) is 5.60 Å². The van der Waals surface area contributed by atoms with Crippen molar-refractivity contribution >= 4 is 5.96 Å². The fourth-order valence-electron chi connectivity index (χ4n) is 4.15. The number of aliphatic hydroxyl groups is 1. The predicted molar refractivity (Wildman–Crippen MR) is 126 cm³/mol. The summed E-state index contributed by atoms with van der Waals surface area (Å²) in [6.45, 7) is 12.3. The van der Waals surface area contributed by atoms with Gasteiger partial charge in [0, 0.05) is 51.0 Å². The molecule has 0 fully saturated rings. The first-order chi connectivity index (χ1) is 14.8. The minimum atomic E-state index is -1.06. The zero-order chi connectivity index (χ0) is 22.4. The van der Waals surface area contributed by atoms with E-state index in [1.165, 1.54) is 11.1 Å². The van der Waals surface area contributed by atoms with Crippen molar-refractivity contribution in [1.29, 1.82) is 0 Å². The van der Waals surface area contributed by atoms with Crippen molar-refractivity contribution in [3.05, 3.63) is 53.3 Å². The lowest BCUT2D eigenvalue weighted by Gasteiger charge is -2.38. The van der Waals surface area contributed by atoms with Crippen molar-refractivity contribution < 1.29 is 5.11 Å². The number of aryl methyl sites for hydroxylation is 1. The van der Waals surface area contributed by atoms with Gasteiger partial charge in [0.05, 0.1) is 12.7 Å². The molecule has 7 nitrogen and oxygen atoms in total. The number of guanidine groups is 1. The van der Waals surface area contributed by atoms with Crippen LogP contribution in [-0.4, -0.2) is 58.0 Å². The maximum atomic E-state index is 10.9. The molecule has 31 heavy (non-hydrogen) atoms. The number of benzene rings is 1. The molecule has 1 aromatic carbocycles. The average molecular weight is 427 g/mol. The Bertz CT molecular complexity index is 872. The molecule has 2 atom stereocenters. The molecule has 0 spiro atoms. The van der Waals surface area contributed by atoms with E-state index in [0.717, 1.165) is 44.1 Å². The summed E-state index contributed by atoms with van der Waals surface area (Å²) in [6.07, 6.45) is 4.62. The quantitative estimate of drug-likeness (QED) is 0.446. The first-order valence-electron chi connectivity index (χ1n) is 11.3. The van der Waals surface area contributed by atoms with Gasteiger partial charge in [-0.25, -0.2) is 4.99 Å². The third-order valence-electron chi connectivity index (χ3n) is 6.09. The standard InChI is InChI=1S/C24H38N6O/c1-6-25-23(27-17-24(4,31)21-13-28-29(5)16-21)26-14-22(18(2)3)30-12-11-19-9-7-8-10-20(19)15-30/h7-10,13,16,18,22,31H,6,11-12,14-15,17H2,1-5H3,(H2,25,26,27). The Morgan fingerprint density at radius 1 is 1.26 bits per heavy atom. The number of hydrogen-bond donors (Lipinski definition) is 3. The summed E-state index contributed by atoms with van der Waals surface area (Å²) in [5, 5.41) is 21.9. The highest BCUT2D eigenvalue weighted by atomic mass is 16.3. The number of aliphatic imine (C=N–C) groups is 1. The van der Waals surface area contributed by atoms with Gasteiger partial charge >= 0.3 is 0 Å². The van der Waals surface area contributed by atoms with Crippen molar-refractivity contribution in [2.45, 2.75) is 52.3 Å². The SMILES string of the molecule is CCNC(=NCC(C)(O)c1cnn(C)c1)NCC(C(C)C)N1CCc2ccccc2C1. The van der Waals surface area contributed by atoms with Gasteiger partial charge < -0.3 is 15.7 Å². The Morgan fingerprint density at radius 3 is 2.65 bits per heavy atom. The molecule has 2 heterocycles. The second-order valence-electron chi connectivity index (χ2n) is 9.05. The minimum absolute atomic E-state index is 0.261. The highest BCUT2D eigenvalue weighted by Gasteiger charge is 2.27. The molecule has 3 rings (SSSR count). The van der Waals surface area contributed by atoms with Crippen LogP contribution in [0.15, 0.2) is 41.7 Å². The Balaban J connectivity index is 1.65. The van der Waals surface area contributed by atoms with Gasteiger partial charge in [0.25, 0.3) is 0 Å². The largest absolute Gasteiger partial charge is 0.383 e. The Labute approximate surface area is 186 Å². The molecule has 1 aliphatic rings. The van der Waals surface area contributed by atoms with Crippen molar-refractivity contribution in [2.24, 2.45) is 18.0 Å². The van der Waals surface area contributed by atoms with Gasteiger partial charge in [0.2, 0.25) is 0 Å². The van der Waals surface area contributed by atoms with Crippen LogP contribution >= 0.6 is 0 Å². The highest BCUT2D eigenvalue weighted by molar-refractivity contribution is 5.79. The molecule has 2 unspecified atom stereocenters. The molecule has 0 amide bonds. The van der Waals surface area contributed by atoms with E-state index in [-0.39, 0.29) is 6.54 Å². The van der Waals surface area contributed by atoms with E-state index < -0.39 is 5.60 Å². The lowest BCUT2D eigenvalue weighted by Crippen LogP contribution is -2.50. The molecule has 0 saturated carbocycles. The van der Waals surface area contributed by atoms with Gasteiger partial charge in [-0.15, -0.1) is 0 Å². The fourth-order valence-corrected chi connectivity index (χ4v) is 4.15. The molecule has 0 saturated heterocycles. The molecule has 7 heteroatoms. The maximum Gasteiger partial charge on any atom is 0.191 e. The van der Waals surface area contributed by atoms with Crippen LogP contribution in [0.4, 0.5) is 0 Å². The molecule has 1 aromatic heterocycles. The van der Waals surface area contributed by atoms with Gasteiger partial charge in [-0.3, -0.25) is 9.58 Å². The Morgan fingerprint density at radius 2 is 2.00 bits per heavy atom. The van der Waals surface area contributed by atoms with E-state index in [9.17, 15) is 5.11 Å². The van der Waals surface area contributed by atoms with E-state index >= 15 is 0 Å². The summed E-state index contributed by atoms with van der Waals surface area (Å²) < 4.78 is 1.70. The zero-order valence-corrected chi connectivity index (χ0v) is 19.6. The van der Waals surface area contributed by atoms with Gasteiger partial charge in [-0.05, 0) is 37.3 Å². The van der Waals surface area contributed by atoms with Gasteiger partial charge in [-0.2, -0.15) is 5.10 Å². The molecule has 170 valence electrons. The number of rotatable bonds is 8. The number of nitrogens with zero attached hydrogens (tertiary/aromatic N) is 4. The van der Waals surface area contributed by atoms with Crippen molar-refractivity contribution in [2.75, 3.05) is 26.2 Å². The summed E-state index contributed by atoms with van der Waals surface area (Å²) in [5.74, 6) is 1.24. The van der Waals surface area contributed by atoms with Crippen LogP contribution in [0.5, 0.6) is 0 Å². The van der Waals surface area contributed by atoms with E-state index in [1.807, 2.05) is 13.2 Å². The summed E-state index contributed by atoms with van der Waals surface area (Å²) in [6, 6.07) is 9.17. The Hall–Kier alpha value is -2.38. The van der Waals surface area contributed by atoms with Gasteiger partial charge in [-0.1, -0.05) is 38.1 Å². The normalized spacial score (nSPS) is 17.8. The fraction of sp³-hybridized carbons (Fsp3) is 0.583. The van der Waals surface area contributed by atoms with Crippen molar-refractivity contribution in [1.82, 2.24) is 25.3 Å². The topological polar surface area (TPSA) is 77.7 Å². The number of hydrogen-bond acceptors (Lipinski definition) is 4. The highest BCUT2D eigenvalue weighted by Crippen LogP contribution is 2.23. The second kappa shape index (κ2) is 10.3. The molecule has 1 aliphatic heterocycles. The molecule has 3 N–H and O–H groups in total. The van der Waals surface area contributed by atoms with E-state index in [1.54, 1.807) is 17.8 Å². The summed E-state index contributed by atoms with van der Waals surface area (Å²) in [4.78, 5) is 7.25. The van der Waals surface area contributed by atoms with Crippen molar-refractivity contribution in [3.63, 3.8) is 0 Å². The van der Waals surface area contributed by atoms with Crippen LogP contribution in [0.1, 0.15) is 44.4 Å². The minimum Gasteiger partial charge on any atom is -0.383 e. The van der Waals surface area contributed by atoms with Gasteiger partial charge in [0.15, 0.2) is 5.96 Å². The zero-order valence-electron chi connectivity index (χ0n) is 19.6. The van der Waals surface area contributed by atoms with Crippen LogP contribution in [0, 0.1) is 5.92 Å². The van der Waals surface area contributed by atoms with Crippen LogP contribution in [0.3, 0.4) is 0 Å². The summed E-state index contributed by atoms with van der Waals surface area (Å²) in [5.41, 5.74) is 2.61. The number of fused-ring (bicyclic) bond motifs is 1. The number of aromatic nitrogens is 2. The monoisotopic (exact) mass is 426 g/mol. The molecule has 0 bridgehead atoms. The van der Waals surface area contributed by atoms with E-state index in [2.05, 4.69) is 70.7 Å². The first kappa shape index (κ1) is 23.3. The van der Waals surface area contributed by atoms with Crippen LogP contribution < -0.4 is 10.6 Å². The Kier molecular flexibility index (Phi) is 7.73. The third kappa shape index (κ3) is 6.08. The second-order valence-corrected chi connectivity index (χ2v) is 9.05. The molecule has 0 radical (unpaired) electrons. The third-order valence-corrected chi connectivity index (χ3v) is 6.09. The summed E-state index contributed by atoms with van der Waals surface area (Å²) >= 11 is 0. The summed E-state index contributed by atoms with van der Waals surface area (Å²) in [7, 11) is 1.85. The van der Waals surface area contributed by atoms with Crippen LogP contribution in [0.25, 0.3) is 0 Å². The number of nitrogens with one attached hydrogen (secondary N) is 2. The molecule has 0 aliphatic carbocycles. The lowest BCUT2D eigenvalue weighted by molar-refractivity contribution is 0.0671. The maximum absolute atomic E-state index is 10.9. The smallest absolute Gasteiger partial charge is 0.191 e.